The van der Waals surface area contributed by atoms with Crippen LogP contribution in [0.4, 0.5) is 13.2 Å². The lowest BCUT2D eigenvalue weighted by atomic mass is 10.1. The Labute approximate surface area is 112 Å². The molecule has 0 aromatic heterocycles. The normalized spacial score (nSPS) is 13.3. The number of esters is 1. The minimum absolute atomic E-state index is 0.0743. The van der Waals surface area contributed by atoms with E-state index in [2.05, 4.69) is 16.4 Å². The average molecular weight is 284 g/mol. The molecule has 0 aliphatic rings. The monoisotopic (exact) mass is 284 g/mol. The number of hydrogen-bond acceptors (Lipinski definition) is 3. The third kappa shape index (κ3) is 8.86. The van der Waals surface area contributed by atoms with Crippen molar-refractivity contribution in [3.05, 3.63) is 0 Å². The lowest BCUT2D eigenvalue weighted by molar-refractivity contribution is -0.230. The van der Waals surface area contributed by atoms with Gasteiger partial charge in [0.15, 0.2) is 0 Å². The van der Waals surface area contributed by atoms with Gasteiger partial charge < -0.3 is 9.47 Å². The second-order valence-electron chi connectivity index (χ2n) is 4.31. The molecule has 0 radical (unpaired) electrons. The number of ether oxygens (including phenoxy) is 2. The van der Waals surface area contributed by atoms with Gasteiger partial charge in [-0.25, -0.2) is 4.79 Å². The van der Waals surface area contributed by atoms with E-state index >= 15 is 0 Å². The number of alkyl halides is 3. The second-order valence-corrected chi connectivity index (χ2v) is 4.31. The van der Waals surface area contributed by atoms with E-state index in [0.717, 1.165) is 32.1 Å². The molecule has 0 aliphatic carbocycles. The van der Waals surface area contributed by atoms with Gasteiger partial charge in [0.1, 0.15) is 0 Å². The summed E-state index contributed by atoms with van der Waals surface area (Å²) in [5, 5.41) is 0. The SMILES string of the molecule is CCCCCCCCOC(C(=O)OCC)C(F)(F)F. The van der Waals surface area contributed by atoms with Gasteiger partial charge in [0.2, 0.25) is 0 Å². The minimum Gasteiger partial charge on any atom is -0.464 e. The van der Waals surface area contributed by atoms with Crippen molar-refractivity contribution >= 4 is 5.97 Å². The van der Waals surface area contributed by atoms with Crippen molar-refractivity contribution in [2.75, 3.05) is 13.2 Å². The molecule has 0 bridgehead atoms. The fraction of sp³-hybridized carbons (Fsp3) is 0.923. The van der Waals surface area contributed by atoms with Gasteiger partial charge in [0.25, 0.3) is 6.10 Å². The Kier molecular flexibility index (Phi) is 9.65. The van der Waals surface area contributed by atoms with Gasteiger partial charge in [-0.05, 0) is 13.3 Å². The lowest BCUT2D eigenvalue weighted by Gasteiger charge is -2.19. The van der Waals surface area contributed by atoms with E-state index in [1.54, 1.807) is 0 Å². The van der Waals surface area contributed by atoms with E-state index in [-0.39, 0.29) is 13.2 Å². The van der Waals surface area contributed by atoms with Gasteiger partial charge in [0.05, 0.1) is 6.61 Å². The van der Waals surface area contributed by atoms with Crippen LogP contribution in [0.25, 0.3) is 0 Å². The van der Waals surface area contributed by atoms with Crippen molar-refractivity contribution in [2.24, 2.45) is 0 Å². The van der Waals surface area contributed by atoms with Crippen LogP contribution in [-0.4, -0.2) is 31.5 Å². The molecule has 0 spiro atoms. The second kappa shape index (κ2) is 10.1. The van der Waals surface area contributed by atoms with Crippen molar-refractivity contribution < 1.29 is 27.4 Å². The van der Waals surface area contributed by atoms with Crippen LogP contribution >= 0.6 is 0 Å². The Morgan fingerprint density at radius 1 is 1.05 bits per heavy atom. The van der Waals surface area contributed by atoms with Crippen LogP contribution in [0.15, 0.2) is 0 Å². The zero-order chi connectivity index (χ0) is 14.7. The molecule has 0 fully saturated rings. The molecule has 0 rings (SSSR count). The molecule has 0 N–H and O–H groups in total. The zero-order valence-corrected chi connectivity index (χ0v) is 11.6. The van der Waals surface area contributed by atoms with Gasteiger partial charge in [-0.15, -0.1) is 0 Å². The topological polar surface area (TPSA) is 35.5 Å². The lowest BCUT2D eigenvalue weighted by Crippen LogP contribution is -2.40. The summed E-state index contributed by atoms with van der Waals surface area (Å²) < 4.78 is 46.6. The highest BCUT2D eigenvalue weighted by Gasteiger charge is 2.47. The van der Waals surface area contributed by atoms with Gasteiger partial charge in [0, 0.05) is 6.61 Å². The summed E-state index contributed by atoms with van der Waals surface area (Å²) in [6, 6.07) is 0. The summed E-state index contributed by atoms with van der Waals surface area (Å²) in [6.45, 7) is 3.39. The van der Waals surface area contributed by atoms with Crippen molar-refractivity contribution in [1.82, 2.24) is 0 Å². The highest BCUT2D eigenvalue weighted by atomic mass is 19.4. The molecule has 1 atom stereocenters. The summed E-state index contributed by atoms with van der Waals surface area (Å²) in [6.07, 6.45) is -1.52. The molecule has 6 heteroatoms. The van der Waals surface area contributed by atoms with Crippen LogP contribution < -0.4 is 0 Å². The first-order valence-electron chi connectivity index (χ1n) is 6.78. The predicted molar refractivity (Wildman–Crippen MR) is 65.8 cm³/mol. The number of unbranched alkanes of at least 4 members (excludes halogenated alkanes) is 5. The zero-order valence-electron chi connectivity index (χ0n) is 11.6. The van der Waals surface area contributed by atoms with Crippen molar-refractivity contribution in [2.45, 2.75) is 64.7 Å². The Hall–Kier alpha value is -0.780. The smallest absolute Gasteiger partial charge is 0.425 e. The molecular formula is C13H23F3O3. The molecule has 1 unspecified atom stereocenters. The molecule has 0 heterocycles. The molecular weight excluding hydrogens is 261 g/mol. The molecule has 0 aromatic rings. The van der Waals surface area contributed by atoms with Crippen molar-refractivity contribution in [3.63, 3.8) is 0 Å². The number of hydrogen-bond donors (Lipinski definition) is 0. The number of halogens is 3. The maximum absolute atomic E-state index is 12.5. The van der Waals surface area contributed by atoms with E-state index in [9.17, 15) is 18.0 Å². The van der Waals surface area contributed by atoms with E-state index in [1.807, 2.05) is 0 Å². The summed E-state index contributed by atoms with van der Waals surface area (Å²) in [4.78, 5) is 11.1. The Balaban J connectivity index is 3.91. The van der Waals surface area contributed by atoms with Gasteiger partial charge >= 0.3 is 12.1 Å². The first-order chi connectivity index (χ1) is 8.93. The first kappa shape index (κ1) is 18.2. The molecule has 0 aromatic carbocycles. The highest BCUT2D eigenvalue weighted by molar-refractivity contribution is 5.75. The van der Waals surface area contributed by atoms with Gasteiger partial charge in [-0.2, -0.15) is 13.2 Å². The predicted octanol–water partition coefficient (Wildman–Crippen LogP) is 3.86. The average Bonchev–Trinajstić information content (AvgIpc) is 2.31. The third-order valence-corrected chi connectivity index (χ3v) is 2.58. The largest absolute Gasteiger partial charge is 0.464 e. The quantitative estimate of drug-likeness (QED) is 0.451. The molecule has 114 valence electrons. The van der Waals surface area contributed by atoms with Crippen LogP contribution in [0, 0.1) is 0 Å². The summed E-state index contributed by atoms with van der Waals surface area (Å²) >= 11 is 0. The minimum atomic E-state index is -4.71. The van der Waals surface area contributed by atoms with Gasteiger partial charge in [-0.3, -0.25) is 0 Å². The van der Waals surface area contributed by atoms with E-state index in [0.29, 0.717) is 6.42 Å². The summed E-state index contributed by atoms with van der Waals surface area (Å²) in [7, 11) is 0. The number of carbonyl (C=O) groups excluding carboxylic acids is 1. The standard InChI is InChI=1S/C13H23F3O3/c1-3-5-6-7-8-9-10-19-11(13(14,15)16)12(17)18-4-2/h11H,3-10H2,1-2H3. The van der Waals surface area contributed by atoms with Crippen LogP contribution in [0.3, 0.4) is 0 Å². The number of rotatable bonds is 10. The maximum atomic E-state index is 12.5. The Bertz CT molecular complexity index is 242. The molecule has 19 heavy (non-hydrogen) atoms. The van der Waals surface area contributed by atoms with Crippen LogP contribution in [0.1, 0.15) is 52.4 Å². The third-order valence-electron chi connectivity index (χ3n) is 2.58. The number of carbonyl (C=O) groups is 1. The van der Waals surface area contributed by atoms with E-state index in [4.69, 9.17) is 0 Å². The molecule has 3 nitrogen and oxygen atoms in total. The molecule has 0 aliphatic heterocycles. The molecule has 0 saturated heterocycles. The highest BCUT2D eigenvalue weighted by Crippen LogP contribution is 2.24. The Morgan fingerprint density at radius 2 is 1.63 bits per heavy atom. The maximum Gasteiger partial charge on any atom is 0.425 e. The fourth-order valence-electron chi connectivity index (χ4n) is 1.60. The van der Waals surface area contributed by atoms with Crippen molar-refractivity contribution in [1.29, 1.82) is 0 Å². The van der Waals surface area contributed by atoms with Crippen LogP contribution in [0.2, 0.25) is 0 Å². The van der Waals surface area contributed by atoms with Crippen molar-refractivity contribution in [3.8, 4) is 0 Å². The summed E-state index contributed by atoms with van der Waals surface area (Å²) in [5.74, 6) is -1.36. The van der Waals surface area contributed by atoms with E-state index in [1.165, 1.54) is 6.92 Å². The fourth-order valence-corrected chi connectivity index (χ4v) is 1.60. The molecule has 0 saturated carbocycles. The van der Waals surface area contributed by atoms with Gasteiger partial charge in [-0.1, -0.05) is 39.0 Å². The van der Waals surface area contributed by atoms with E-state index < -0.39 is 18.2 Å². The Morgan fingerprint density at radius 3 is 2.16 bits per heavy atom. The van der Waals surface area contributed by atoms with Crippen LogP contribution in [0.5, 0.6) is 0 Å². The van der Waals surface area contributed by atoms with Crippen LogP contribution in [-0.2, 0) is 14.3 Å². The summed E-state index contributed by atoms with van der Waals surface area (Å²) in [5.41, 5.74) is 0. The first-order valence-corrected chi connectivity index (χ1v) is 6.78. The molecule has 0 amide bonds.